The first-order valence-electron chi connectivity index (χ1n) is 7.99. The Hall–Kier alpha value is -1.44. The Kier molecular flexibility index (Phi) is 6.15. The number of sulfonamides is 1. The van der Waals surface area contributed by atoms with Crippen molar-refractivity contribution in [2.45, 2.75) is 25.2 Å². The fourth-order valence-electron chi connectivity index (χ4n) is 2.56. The minimum absolute atomic E-state index is 0.00681. The van der Waals surface area contributed by atoms with Crippen LogP contribution in [-0.4, -0.2) is 63.4 Å². The van der Waals surface area contributed by atoms with Crippen LogP contribution in [0, 0.1) is 6.92 Å². The van der Waals surface area contributed by atoms with Crippen molar-refractivity contribution >= 4 is 15.9 Å². The average Bonchev–Trinajstić information content (AvgIpc) is 2.55. The van der Waals surface area contributed by atoms with Crippen LogP contribution in [0.5, 0.6) is 0 Å². The average molecular weight is 339 g/mol. The maximum Gasteiger partial charge on any atom is 0.240 e. The molecule has 0 atom stereocenters. The molecule has 1 aromatic carbocycles. The molecule has 0 radical (unpaired) electrons. The van der Waals surface area contributed by atoms with E-state index in [1.165, 1.54) is 0 Å². The summed E-state index contributed by atoms with van der Waals surface area (Å²) in [6.07, 6.45) is 0.192. The summed E-state index contributed by atoms with van der Waals surface area (Å²) in [5.74, 6) is 0.00681. The molecule has 7 heteroatoms. The van der Waals surface area contributed by atoms with Crippen LogP contribution < -0.4 is 4.72 Å². The summed E-state index contributed by atoms with van der Waals surface area (Å²) in [7, 11) is -3.55. The molecule has 0 unspecified atom stereocenters. The maximum absolute atomic E-state index is 12.1. The topological polar surface area (TPSA) is 69.7 Å². The highest BCUT2D eigenvalue weighted by molar-refractivity contribution is 7.89. The van der Waals surface area contributed by atoms with Crippen LogP contribution in [0.15, 0.2) is 29.2 Å². The second kappa shape index (κ2) is 7.90. The molecule has 1 aliphatic heterocycles. The van der Waals surface area contributed by atoms with Crippen molar-refractivity contribution in [2.75, 3.05) is 39.3 Å². The number of amides is 1. The lowest BCUT2D eigenvalue weighted by Gasteiger charge is -2.34. The number of aryl methyl sites for hydroxylation is 1. The zero-order chi connectivity index (χ0) is 16.9. The molecule has 0 aliphatic carbocycles. The number of carbonyl (C=O) groups excluding carboxylic acids is 1. The zero-order valence-corrected chi connectivity index (χ0v) is 14.6. The van der Waals surface area contributed by atoms with Gasteiger partial charge in [-0.15, -0.1) is 0 Å². The molecule has 6 nitrogen and oxygen atoms in total. The van der Waals surface area contributed by atoms with Crippen LogP contribution in [0.1, 0.15) is 18.9 Å². The highest BCUT2D eigenvalue weighted by Gasteiger charge is 2.20. The Bertz CT molecular complexity index is 620. The van der Waals surface area contributed by atoms with Gasteiger partial charge in [-0.2, -0.15) is 0 Å². The van der Waals surface area contributed by atoms with Gasteiger partial charge in [-0.3, -0.25) is 4.79 Å². The molecule has 0 spiro atoms. The largest absolute Gasteiger partial charge is 0.340 e. The van der Waals surface area contributed by atoms with E-state index in [4.69, 9.17) is 0 Å². The minimum atomic E-state index is -3.55. The molecular formula is C16H25N3O3S. The van der Waals surface area contributed by atoms with Gasteiger partial charge in [-0.25, -0.2) is 13.1 Å². The van der Waals surface area contributed by atoms with Crippen molar-refractivity contribution in [3.63, 3.8) is 0 Å². The molecule has 1 N–H and O–H groups in total. The van der Waals surface area contributed by atoms with Crippen LogP contribution in [-0.2, 0) is 14.8 Å². The predicted molar refractivity (Wildman–Crippen MR) is 89.7 cm³/mol. The molecular weight excluding hydrogens is 314 g/mol. The molecule has 23 heavy (non-hydrogen) atoms. The summed E-state index contributed by atoms with van der Waals surface area (Å²) in [6, 6.07) is 6.66. The standard InChI is InChI=1S/C16H25N3O3S/c1-3-18-10-12-19(13-11-18)16(20)8-9-17-23(21,22)15-6-4-14(2)5-7-15/h4-7,17H,3,8-13H2,1-2H3. The fraction of sp³-hybridized carbons (Fsp3) is 0.562. The highest BCUT2D eigenvalue weighted by atomic mass is 32.2. The minimum Gasteiger partial charge on any atom is -0.340 e. The molecule has 1 saturated heterocycles. The number of likely N-dealkylation sites (N-methyl/N-ethyl adjacent to an activating group) is 1. The Morgan fingerprint density at radius 1 is 1.13 bits per heavy atom. The Morgan fingerprint density at radius 2 is 1.74 bits per heavy atom. The van der Waals surface area contributed by atoms with Gasteiger partial charge in [-0.1, -0.05) is 24.6 Å². The third-order valence-corrected chi connectivity index (χ3v) is 5.61. The first-order valence-corrected chi connectivity index (χ1v) is 9.47. The van der Waals surface area contributed by atoms with Crippen LogP contribution in [0.2, 0.25) is 0 Å². The Labute approximate surface area is 138 Å². The highest BCUT2D eigenvalue weighted by Crippen LogP contribution is 2.10. The van der Waals surface area contributed by atoms with E-state index < -0.39 is 10.0 Å². The lowest BCUT2D eigenvalue weighted by atomic mass is 10.2. The molecule has 1 aromatic rings. The molecule has 1 heterocycles. The van der Waals surface area contributed by atoms with Gasteiger partial charge >= 0.3 is 0 Å². The molecule has 1 amide bonds. The molecule has 0 bridgehead atoms. The van der Waals surface area contributed by atoms with Crippen molar-refractivity contribution in [2.24, 2.45) is 0 Å². The Morgan fingerprint density at radius 3 is 2.30 bits per heavy atom. The SMILES string of the molecule is CCN1CCN(C(=O)CCNS(=O)(=O)c2ccc(C)cc2)CC1. The van der Waals surface area contributed by atoms with Crippen LogP contribution in [0.3, 0.4) is 0 Å². The van der Waals surface area contributed by atoms with Gasteiger partial charge in [0.15, 0.2) is 0 Å². The van der Waals surface area contributed by atoms with Gasteiger partial charge < -0.3 is 9.80 Å². The number of hydrogen-bond donors (Lipinski definition) is 1. The fourth-order valence-corrected chi connectivity index (χ4v) is 3.60. The van der Waals surface area contributed by atoms with E-state index in [1.54, 1.807) is 24.3 Å². The second-order valence-corrected chi connectivity index (χ2v) is 7.54. The summed E-state index contributed by atoms with van der Waals surface area (Å²) in [5, 5.41) is 0. The Balaban J connectivity index is 1.80. The van der Waals surface area contributed by atoms with Gasteiger partial charge in [0.05, 0.1) is 4.90 Å². The normalized spacial score (nSPS) is 16.5. The maximum atomic E-state index is 12.1. The first kappa shape index (κ1) is 17.9. The number of carbonyl (C=O) groups is 1. The monoisotopic (exact) mass is 339 g/mol. The number of rotatable bonds is 6. The van der Waals surface area contributed by atoms with Crippen LogP contribution in [0.4, 0.5) is 0 Å². The number of nitrogens with one attached hydrogen (secondary N) is 1. The molecule has 0 aromatic heterocycles. The van der Waals surface area contributed by atoms with E-state index in [1.807, 2.05) is 11.8 Å². The lowest BCUT2D eigenvalue weighted by Crippen LogP contribution is -2.49. The van der Waals surface area contributed by atoms with Crippen molar-refractivity contribution in [3.8, 4) is 0 Å². The van der Waals surface area contributed by atoms with E-state index in [0.29, 0.717) is 0 Å². The van der Waals surface area contributed by atoms with Crippen molar-refractivity contribution in [1.82, 2.24) is 14.5 Å². The summed E-state index contributed by atoms with van der Waals surface area (Å²) < 4.78 is 26.8. The first-order chi connectivity index (χ1) is 10.9. The van der Waals surface area contributed by atoms with Gasteiger partial charge in [-0.05, 0) is 25.6 Å². The predicted octanol–water partition coefficient (Wildman–Crippen LogP) is 0.828. The molecule has 1 fully saturated rings. The van der Waals surface area contributed by atoms with Crippen molar-refractivity contribution < 1.29 is 13.2 Å². The third-order valence-electron chi connectivity index (χ3n) is 4.13. The van der Waals surface area contributed by atoms with Crippen molar-refractivity contribution in [1.29, 1.82) is 0 Å². The number of hydrogen-bond acceptors (Lipinski definition) is 4. The smallest absolute Gasteiger partial charge is 0.240 e. The molecule has 128 valence electrons. The molecule has 0 saturated carbocycles. The van der Waals surface area contributed by atoms with Gasteiger partial charge in [0.25, 0.3) is 0 Å². The van der Waals surface area contributed by atoms with Crippen LogP contribution >= 0.6 is 0 Å². The van der Waals surface area contributed by atoms with Gasteiger partial charge in [0.1, 0.15) is 0 Å². The summed E-state index contributed by atoms with van der Waals surface area (Å²) in [6.45, 7) is 8.35. The molecule has 1 aliphatic rings. The third kappa shape index (κ3) is 5.02. The van der Waals surface area contributed by atoms with Gasteiger partial charge in [0, 0.05) is 39.1 Å². The van der Waals surface area contributed by atoms with E-state index >= 15 is 0 Å². The van der Waals surface area contributed by atoms with E-state index in [-0.39, 0.29) is 23.8 Å². The van der Waals surface area contributed by atoms with E-state index in [9.17, 15) is 13.2 Å². The second-order valence-electron chi connectivity index (χ2n) is 5.78. The van der Waals surface area contributed by atoms with Gasteiger partial charge in [0.2, 0.25) is 15.9 Å². The lowest BCUT2D eigenvalue weighted by molar-refractivity contribution is -0.132. The van der Waals surface area contributed by atoms with E-state index in [2.05, 4.69) is 16.5 Å². The molecule has 2 rings (SSSR count). The number of benzene rings is 1. The summed E-state index contributed by atoms with van der Waals surface area (Å²) in [4.78, 5) is 16.5. The summed E-state index contributed by atoms with van der Waals surface area (Å²) >= 11 is 0. The van der Waals surface area contributed by atoms with E-state index in [0.717, 1.165) is 38.3 Å². The summed E-state index contributed by atoms with van der Waals surface area (Å²) in [5.41, 5.74) is 1.00. The number of nitrogens with zero attached hydrogens (tertiary/aromatic N) is 2. The zero-order valence-electron chi connectivity index (χ0n) is 13.8. The number of piperazine rings is 1. The van der Waals surface area contributed by atoms with Crippen LogP contribution in [0.25, 0.3) is 0 Å². The quantitative estimate of drug-likeness (QED) is 0.833. The van der Waals surface area contributed by atoms with Crippen molar-refractivity contribution in [3.05, 3.63) is 29.8 Å².